The Balaban J connectivity index is 2.07. The van der Waals surface area contributed by atoms with Crippen molar-refractivity contribution in [3.63, 3.8) is 0 Å². The van der Waals surface area contributed by atoms with E-state index in [1.54, 1.807) is 0 Å². The van der Waals surface area contributed by atoms with Gasteiger partial charge < -0.3 is 4.98 Å². The lowest BCUT2D eigenvalue weighted by Gasteiger charge is -1.97. The van der Waals surface area contributed by atoms with Crippen LogP contribution >= 0.6 is 27.7 Å². The number of H-pyrrole nitrogens is 1. The van der Waals surface area contributed by atoms with Gasteiger partial charge in [0.25, 0.3) is 0 Å². The molecule has 0 aliphatic rings. The summed E-state index contributed by atoms with van der Waals surface area (Å²) in [7, 11) is 0. The van der Waals surface area contributed by atoms with E-state index in [2.05, 4.69) is 42.7 Å². The number of hydrogen-bond acceptors (Lipinski definition) is 4. The van der Waals surface area contributed by atoms with Crippen LogP contribution in [0.1, 0.15) is 0 Å². The van der Waals surface area contributed by atoms with Gasteiger partial charge in [-0.05, 0) is 10.5 Å². The van der Waals surface area contributed by atoms with E-state index in [4.69, 9.17) is 0 Å². The van der Waals surface area contributed by atoms with E-state index in [9.17, 15) is 0 Å². The molecule has 1 aromatic carbocycles. The van der Waals surface area contributed by atoms with Crippen LogP contribution in [0.5, 0.6) is 0 Å². The summed E-state index contributed by atoms with van der Waals surface area (Å²) < 4.78 is 0.910. The summed E-state index contributed by atoms with van der Waals surface area (Å²) >= 11 is 4.81. The maximum Gasteiger partial charge on any atom is 0.211 e. The fourth-order valence-corrected chi connectivity index (χ4v) is 2.59. The van der Waals surface area contributed by atoms with Crippen LogP contribution in [0.4, 0.5) is 0 Å². The van der Waals surface area contributed by atoms with Crippen LogP contribution in [0.25, 0.3) is 22.1 Å². The predicted octanol–water partition coefficient (Wildman–Crippen LogP) is 3.51. The largest absolute Gasteiger partial charge is 0.338 e. The number of para-hydroxylation sites is 1. The van der Waals surface area contributed by atoms with E-state index in [0.29, 0.717) is 5.16 Å². The van der Waals surface area contributed by atoms with Crippen LogP contribution in [0, 0.1) is 0 Å². The van der Waals surface area contributed by atoms with Crippen molar-refractivity contribution in [2.45, 2.75) is 5.16 Å². The number of fused-ring (bicyclic) bond motifs is 3. The van der Waals surface area contributed by atoms with E-state index in [1.807, 2.05) is 24.3 Å². The number of halogens is 1. The van der Waals surface area contributed by atoms with E-state index in [-0.39, 0.29) is 0 Å². The van der Waals surface area contributed by atoms with E-state index in [1.165, 1.54) is 11.8 Å². The Morgan fingerprint density at radius 2 is 2.17 bits per heavy atom. The molecule has 18 heavy (non-hydrogen) atoms. The van der Waals surface area contributed by atoms with Crippen LogP contribution in [0.15, 0.2) is 40.5 Å². The zero-order valence-electron chi connectivity index (χ0n) is 9.35. The van der Waals surface area contributed by atoms with Gasteiger partial charge in [-0.15, -0.1) is 10.2 Å². The molecule has 2 heterocycles. The van der Waals surface area contributed by atoms with Gasteiger partial charge in [0.05, 0.1) is 0 Å². The minimum absolute atomic E-state index is 0.648. The van der Waals surface area contributed by atoms with Gasteiger partial charge in [-0.2, -0.15) is 0 Å². The Labute approximate surface area is 116 Å². The number of nitrogens with one attached hydrogen (secondary N) is 1. The molecule has 0 spiro atoms. The molecule has 4 nitrogen and oxygen atoms in total. The summed E-state index contributed by atoms with van der Waals surface area (Å²) in [5.41, 5.74) is 2.61. The molecule has 1 N–H and O–H groups in total. The maximum atomic E-state index is 4.46. The molecule has 90 valence electrons. The lowest BCUT2D eigenvalue weighted by atomic mass is 10.2. The molecule has 0 bridgehead atoms. The van der Waals surface area contributed by atoms with Gasteiger partial charge in [-0.25, -0.2) is 4.98 Å². The lowest BCUT2D eigenvalue weighted by molar-refractivity contribution is 0.879. The first-order valence-corrected chi connectivity index (χ1v) is 7.09. The van der Waals surface area contributed by atoms with Crippen LogP contribution in [0.3, 0.4) is 0 Å². The van der Waals surface area contributed by atoms with Crippen LogP contribution in [0.2, 0.25) is 0 Å². The minimum Gasteiger partial charge on any atom is -0.338 e. The topological polar surface area (TPSA) is 54.5 Å². The Morgan fingerprint density at radius 1 is 1.33 bits per heavy atom. The first kappa shape index (κ1) is 11.7. The molecule has 2 aromatic heterocycles. The lowest BCUT2D eigenvalue weighted by Crippen LogP contribution is -1.92. The molecule has 0 unspecified atom stereocenters. The number of thioether (sulfide) groups is 1. The van der Waals surface area contributed by atoms with Gasteiger partial charge in [-0.1, -0.05) is 52.5 Å². The van der Waals surface area contributed by atoms with Crippen molar-refractivity contribution in [1.29, 1.82) is 0 Å². The second-order valence-electron chi connectivity index (χ2n) is 3.77. The molecule has 0 aliphatic carbocycles. The quantitative estimate of drug-likeness (QED) is 0.750. The van der Waals surface area contributed by atoms with Gasteiger partial charge in [-0.3, -0.25) is 0 Å². The third kappa shape index (κ3) is 2.13. The Bertz CT molecular complexity index is 737. The Hall–Kier alpha value is -1.40. The van der Waals surface area contributed by atoms with Crippen molar-refractivity contribution in [1.82, 2.24) is 20.2 Å². The monoisotopic (exact) mass is 320 g/mol. The standard InChI is InChI=1S/C12H9BrN4S/c1-7(13)6-18-12-15-11-10(16-17-12)8-4-2-3-5-9(8)14-11/h2-5H,1,6H2,(H,14,15,17). The summed E-state index contributed by atoms with van der Waals surface area (Å²) in [4.78, 5) is 7.70. The molecule has 0 fully saturated rings. The SMILES string of the molecule is C=C(Br)CSc1nnc2c(n1)[nH]c1ccccc12. The highest BCUT2D eigenvalue weighted by molar-refractivity contribution is 9.11. The van der Waals surface area contributed by atoms with Crippen molar-refractivity contribution in [3.8, 4) is 0 Å². The van der Waals surface area contributed by atoms with Crippen LogP contribution in [-0.2, 0) is 0 Å². The van der Waals surface area contributed by atoms with Crippen molar-refractivity contribution in [2.75, 3.05) is 5.75 Å². The number of aromatic nitrogens is 4. The fraction of sp³-hybridized carbons (Fsp3) is 0.0833. The maximum absolute atomic E-state index is 4.46. The number of benzene rings is 1. The average Bonchev–Trinajstić information content (AvgIpc) is 2.73. The van der Waals surface area contributed by atoms with Gasteiger partial charge in [0.15, 0.2) is 5.65 Å². The normalized spacial score (nSPS) is 11.2. The molecule has 0 atom stereocenters. The second-order valence-corrected chi connectivity index (χ2v) is 5.83. The highest BCUT2D eigenvalue weighted by Gasteiger charge is 2.08. The Kier molecular flexibility index (Phi) is 3.05. The first-order valence-electron chi connectivity index (χ1n) is 5.31. The average molecular weight is 321 g/mol. The zero-order valence-corrected chi connectivity index (χ0v) is 11.8. The van der Waals surface area contributed by atoms with Gasteiger partial charge >= 0.3 is 0 Å². The van der Waals surface area contributed by atoms with Gasteiger partial charge in [0.2, 0.25) is 5.16 Å². The fourth-order valence-electron chi connectivity index (χ4n) is 1.71. The Morgan fingerprint density at radius 3 is 3.00 bits per heavy atom. The van der Waals surface area contributed by atoms with E-state index >= 15 is 0 Å². The second kappa shape index (κ2) is 4.70. The van der Waals surface area contributed by atoms with Crippen molar-refractivity contribution >= 4 is 49.8 Å². The number of rotatable bonds is 3. The third-order valence-electron chi connectivity index (χ3n) is 2.46. The van der Waals surface area contributed by atoms with Gasteiger partial charge in [0.1, 0.15) is 5.52 Å². The molecule has 3 aromatic rings. The third-order valence-corrected chi connectivity index (χ3v) is 4.04. The van der Waals surface area contributed by atoms with Crippen LogP contribution in [-0.4, -0.2) is 25.9 Å². The molecule has 6 heteroatoms. The number of hydrogen-bond donors (Lipinski definition) is 1. The van der Waals surface area contributed by atoms with Crippen molar-refractivity contribution in [2.24, 2.45) is 0 Å². The molecule has 0 saturated heterocycles. The molecule has 0 amide bonds. The summed E-state index contributed by atoms with van der Waals surface area (Å²) in [6.07, 6.45) is 0. The highest BCUT2D eigenvalue weighted by atomic mass is 79.9. The number of aromatic amines is 1. The summed E-state index contributed by atoms with van der Waals surface area (Å²) in [5.74, 6) is 0.730. The molecular formula is C12H9BrN4S. The minimum atomic E-state index is 0.648. The van der Waals surface area contributed by atoms with E-state index < -0.39 is 0 Å². The molecule has 3 rings (SSSR count). The summed E-state index contributed by atoms with van der Waals surface area (Å²) in [6.45, 7) is 3.78. The van der Waals surface area contributed by atoms with Gasteiger partial charge in [0, 0.05) is 16.7 Å². The first-order chi connectivity index (χ1) is 8.74. The molecule has 0 saturated carbocycles. The molecular weight excluding hydrogens is 312 g/mol. The summed E-state index contributed by atoms with van der Waals surface area (Å²) in [5, 5.41) is 10.1. The van der Waals surface area contributed by atoms with Crippen LogP contribution < -0.4 is 0 Å². The van der Waals surface area contributed by atoms with E-state index in [0.717, 1.165) is 32.3 Å². The smallest absolute Gasteiger partial charge is 0.211 e. The summed E-state index contributed by atoms with van der Waals surface area (Å²) in [6, 6.07) is 7.98. The van der Waals surface area contributed by atoms with Crippen molar-refractivity contribution in [3.05, 3.63) is 35.3 Å². The van der Waals surface area contributed by atoms with Crippen molar-refractivity contribution < 1.29 is 0 Å². The highest BCUT2D eigenvalue weighted by Crippen LogP contribution is 2.24. The predicted molar refractivity (Wildman–Crippen MR) is 78.0 cm³/mol. The molecule has 0 aliphatic heterocycles. The zero-order chi connectivity index (χ0) is 12.5. The number of nitrogens with zero attached hydrogens (tertiary/aromatic N) is 3. The molecule has 0 radical (unpaired) electrons.